The maximum Gasteiger partial charge on any atom is 0.317 e. The Kier molecular flexibility index (Phi) is 13.7. The lowest BCUT2D eigenvalue weighted by atomic mass is 9.99. The number of rotatable bonds is 11. The second kappa shape index (κ2) is 16.2. The van der Waals surface area contributed by atoms with Crippen molar-refractivity contribution in [3.63, 3.8) is 0 Å². The van der Waals surface area contributed by atoms with Gasteiger partial charge in [0.25, 0.3) is 0 Å². The molecule has 2 fully saturated rings. The van der Waals surface area contributed by atoms with Crippen LogP contribution in [-0.4, -0.2) is 196 Å². The zero-order valence-corrected chi connectivity index (χ0v) is 21.2. The summed E-state index contributed by atoms with van der Waals surface area (Å²) in [6.07, 6.45) is -7.00. The summed E-state index contributed by atoms with van der Waals surface area (Å²) < 4.78 is 10.9. The number of carbonyl (C=O) groups is 3. The first-order valence-electron chi connectivity index (χ1n) is 12.5. The first-order chi connectivity index (χ1) is 18.0. The Morgan fingerprint density at radius 2 is 1.05 bits per heavy atom. The van der Waals surface area contributed by atoms with E-state index in [4.69, 9.17) is 9.47 Å². The van der Waals surface area contributed by atoms with Crippen molar-refractivity contribution in [3.8, 4) is 0 Å². The monoisotopic (exact) mass is 552 g/mol. The lowest BCUT2D eigenvalue weighted by Crippen LogP contribution is -2.59. The standard InChI is InChI=1S/C22H40N4O12/c27-14-15-19(34)20(35)21(36)22(38-15)37-10-9-23-1-3-24(11-16(28)29)5-7-26(13-18(32)33)8-6-25(4-2-23)12-17(30)31/h15,19-22,27,34-36H,1-14H2,(H,28,29)(H,30,31)(H,32,33)/t15-,19+,20+,21-,22-/m1/s1. The molecule has 0 aliphatic carbocycles. The van der Waals surface area contributed by atoms with E-state index < -0.39 is 55.2 Å². The topological polar surface area (TPSA) is 224 Å². The predicted octanol–water partition coefficient (Wildman–Crippen LogP) is -4.72. The van der Waals surface area contributed by atoms with Gasteiger partial charge in [0.1, 0.15) is 24.4 Å². The smallest absolute Gasteiger partial charge is 0.317 e. The van der Waals surface area contributed by atoms with Gasteiger partial charge in [-0.15, -0.1) is 0 Å². The van der Waals surface area contributed by atoms with E-state index in [0.717, 1.165) is 0 Å². The van der Waals surface area contributed by atoms with Gasteiger partial charge in [0.05, 0.1) is 32.8 Å². The van der Waals surface area contributed by atoms with E-state index >= 15 is 0 Å². The summed E-state index contributed by atoms with van der Waals surface area (Å²) in [5.41, 5.74) is 0. The number of aliphatic hydroxyl groups is 4. The lowest BCUT2D eigenvalue weighted by molar-refractivity contribution is -0.301. The second-order valence-corrected chi connectivity index (χ2v) is 9.42. The van der Waals surface area contributed by atoms with Gasteiger partial charge in [0.2, 0.25) is 0 Å². The molecule has 16 heteroatoms. The summed E-state index contributed by atoms with van der Waals surface area (Å²) in [6, 6.07) is 0. The summed E-state index contributed by atoms with van der Waals surface area (Å²) in [7, 11) is 0. The summed E-state index contributed by atoms with van der Waals surface area (Å²) in [6.45, 7) is 1.66. The van der Waals surface area contributed by atoms with Crippen molar-refractivity contribution >= 4 is 17.9 Å². The third kappa shape index (κ3) is 11.0. The highest BCUT2D eigenvalue weighted by molar-refractivity contribution is 5.69. The number of ether oxygens (including phenoxy) is 2. The molecule has 7 N–H and O–H groups in total. The highest BCUT2D eigenvalue weighted by Gasteiger charge is 2.44. The Morgan fingerprint density at radius 1 is 0.658 bits per heavy atom. The minimum atomic E-state index is -1.57. The molecular formula is C22H40N4O12. The Morgan fingerprint density at radius 3 is 1.42 bits per heavy atom. The Bertz CT molecular complexity index is 728. The molecule has 0 spiro atoms. The van der Waals surface area contributed by atoms with Crippen LogP contribution in [0.2, 0.25) is 0 Å². The number of carboxylic acid groups (broad SMARTS) is 3. The van der Waals surface area contributed by atoms with Crippen molar-refractivity contribution in [3.05, 3.63) is 0 Å². The Labute approximate surface area is 220 Å². The molecule has 0 unspecified atom stereocenters. The normalized spacial score (nSPS) is 29.8. The van der Waals surface area contributed by atoms with Crippen LogP contribution in [0.25, 0.3) is 0 Å². The Balaban J connectivity index is 2.05. The van der Waals surface area contributed by atoms with E-state index in [1.165, 1.54) is 0 Å². The molecule has 0 radical (unpaired) electrons. The van der Waals surface area contributed by atoms with Gasteiger partial charge >= 0.3 is 17.9 Å². The molecule has 0 aromatic rings. The zero-order chi connectivity index (χ0) is 28.2. The third-order valence-corrected chi connectivity index (χ3v) is 6.54. The molecule has 220 valence electrons. The van der Waals surface area contributed by atoms with Gasteiger partial charge in [-0.1, -0.05) is 0 Å². The largest absolute Gasteiger partial charge is 0.480 e. The predicted molar refractivity (Wildman–Crippen MR) is 128 cm³/mol. The molecule has 0 aromatic carbocycles. The minimum absolute atomic E-state index is 0.0208. The number of nitrogens with zero attached hydrogens (tertiary/aromatic N) is 4. The number of hydrogen-bond donors (Lipinski definition) is 7. The molecule has 2 rings (SSSR count). The van der Waals surface area contributed by atoms with Crippen LogP contribution in [0.1, 0.15) is 0 Å². The highest BCUT2D eigenvalue weighted by Crippen LogP contribution is 2.21. The summed E-state index contributed by atoms with van der Waals surface area (Å²) >= 11 is 0. The van der Waals surface area contributed by atoms with Crippen LogP contribution in [0.15, 0.2) is 0 Å². The van der Waals surface area contributed by atoms with Crippen LogP contribution in [0.4, 0.5) is 0 Å². The third-order valence-electron chi connectivity index (χ3n) is 6.54. The van der Waals surface area contributed by atoms with Gasteiger partial charge in [0.15, 0.2) is 6.29 Å². The molecule has 2 heterocycles. The van der Waals surface area contributed by atoms with Crippen molar-refractivity contribution in [1.82, 2.24) is 19.6 Å². The Hall–Kier alpha value is -1.99. The molecule has 2 saturated heterocycles. The van der Waals surface area contributed by atoms with Crippen LogP contribution in [0.5, 0.6) is 0 Å². The van der Waals surface area contributed by atoms with Crippen molar-refractivity contribution in [2.45, 2.75) is 30.7 Å². The first kappa shape index (κ1) is 32.2. The van der Waals surface area contributed by atoms with Crippen LogP contribution in [-0.2, 0) is 23.9 Å². The highest BCUT2D eigenvalue weighted by atomic mass is 16.7. The van der Waals surface area contributed by atoms with Gasteiger partial charge in [-0.25, -0.2) is 0 Å². The maximum absolute atomic E-state index is 11.4. The van der Waals surface area contributed by atoms with Gasteiger partial charge in [-0.3, -0.25) is 34.0 Å². The number of aliphatic hydroxyl groups excluding tert-OH is 4. The van der Waals surface area contributed by atoms with Gasteiger partial charge in [-0.05, 0) is 0 Å². The molecule has 16 nitrogen and oxygen atoms in total. The molecule has 2 aliphatic rings. The SMILES string of the molecule is O=C(O)CN1CCN(CCO[C@@H]2O[C@H](CO)[C@H](O)[C@H](O)[C@H]2O)CCN(CC(=O)O)CCN(CC(=O)O)CC1. The van der Waals surface area contributed by atoms with Crippen LogP contribution < -0.4 is 0 Å². The summed E-state index contributed by atoms with van der Waals surface area (Å²) in [4.78, 5) is 41.0. The van der Waals surface area contributed by atoms with Crippen LogP contribution in [0, 0.1) is 0 Å². The van der Waals surface area contributed by atoms with Crippen molar-refractivity contribution < 1.29 is 59.6 Å². The average molecular weight is 553 g/mol. The minimum Gasteiger partial charge on any atom is -0.480 e. The second-order valence-electron chi connectivity index (χ2n) is 9.42. The molecule has 0 saturated carbocycles. The molecule has 0 aromatic heterocycles. The van der Waals surface area contributed by atoms with Crippen LogP contribution in [0.3, 0.4) is 0 Å². The van der Waals surface area contributed by atoms with E-state index in [2.05, 4.69) is 0 Å². The maximum atomic E-state index is 11.4. The summed E-state index contributed by atoms with van der Waals surface area (Å²) in [5, 5.41) is 67.2. The fraction of sp³-hybridized carbons (Fsp3) is 0.864. The molecule has 0 bridgehead atoms. The number of aliphatic carboxylic acids is 3. The van der Waals surface area contributed by atoms with E-state index in [0.29, 0.717) is 58.9 Å². The first-order valence-corrected chi connectivity index (χ1v) is 12.5. The number of hydrogen-bond acceptors (Lipinski definition) is 13. The van der Waals surface area contributed by atoms with E-state index in [9.17, 15) is 50.1 Å². The quantitative estimate of drug-likeness (QED) is 0.128. The van der Waals surface area contributed by atoms with Gasteiger partial charge in [0, 0.05) is 58.9 Å². The fourth-order valence-corrected chi connectivity index (χ4v) is 4.35. The molecule has 2 aliphatic heterocycles. The van der Waals surface area contributed by atoms with Crippen molar-refractivity contribution in [2.75, 3.05) is 91.8 Å². The van der Waals surface area contributed by atoms with Crippen molar-refractivity contribution in [2.24, 2.45) is 0 Å². The van der Waals surface area contributed by atoms with E-state index in [1.54, 1.807) is 14.7 Å². The van der Waals surface area contributed by atoms with E-state index in [1.807, 2.05) is 4.90 Å². The molecule has 38 heavy (non-hydrogen) atoms. The van der Waals surface area contributed by atoms with Gasteiger partial charge < -0.3 is 45.2 Å². The van der Waals surface area contributed by atoms with Gasteiger partial charge in [-0.2, -0.15) is 0 Å². The summed E-state index contributed by atoms with van der Waals surface area (Å²) in [5.74, 6) is -3.07. The van der Waals surface area contributed by atoms with Crippen molar-refractivity contribution in [1.29, 1.82) is 0 Å². The fourth-order valence-electron chi connectivity index (χ4n) is 4.35. The zero-order valence-electron chi connectivity index (χ0n) is 21.2. The van der Waals surface area contributed by atoms with Crippen LogP contribution >= 0.6 is 0 Å². The molecule has 0 amide bonds. The molecular weight excluding hydrogens is 512 g/mol. The lowest BCUT2D eigenvalue weighted by Gasteiger charge is -2.39. The number of carboxylic acids is 3. The average Bonchev–Trinajstić information content (AvgIpc) is 2.84. The van der Waals surface area contributed by atoms with E-state index in [-0.39, 0.29) is 26.2 Å². The molecule has 5 atom stereocenters.